The molecular weight excluding hydrogens is 367 g/mol. The summed E-state index contributed by atoms with van der Waals surface area (Å²) < 4.78 is 31.4. The van der Waals surface area contributed by atoms with E-state index in [0.717, 1.165) is 12.6 Å². The Morgan fingerprint density at radius 1 is 1.39 bits per heavy atom. The SMILES string of the molecule is CCOC(=O)c1cc(F)c2c(c1)OC1(CCNC1)CC2NC(=O)OC(C)(C)C. The van der Waals surface area contributed by atoms with Crippen molar-refractivity contribution in [3.63, 3.8) is 0 Å². The third-order valence-electron chi connectivity index (χ3n) is 4.75. The van der Waals surface area contributed by atoms with E-state index in [4.69, 9.17) is 14.2 Å². The molecule has 28 heavy (non-hydrogen) atoms. The smallest absolute Gasteiger partial charge is 0.408 e. The molecule has 1 aromatic rings. The summed E-state index contributed by atoms with van der Waals surface area (Å²) in [5.41, 5.74) is -0.947. The Bertz CT molecular complexity index is 769. The van der Waals surface area contributed by atoms with Crippen molar-refractivity contribution in [3.8, 4) is 5.75 Å². The van der Waals surface area contributed by atoms with Gasteiger partial charge in [-0.05, 0) is 46.4 Å². The Morgan fingerprint density at radius 3 is 2.75 bits per heavy atom. The summed E-state index contributed by atoms with van der Waals surface area (Å²) in [5.74, 6) is -0.991. The third-order valence-corrected chi connectivity index (χ3v) is 4.75. The Labute approximate surface area is 163 Å². The van der Waals surface area contributed by atoms with Gasteiger partial charge in [-0.3, -0.25) is 0 Å². The molecule has 154 valence electrons. The van der Waals surface area contributed by atoms with Gasteiger partial charge in [-0.2, -0.15) is 0 Å². The molecule has 0 radical (unpaired) electrons. The minimum Gasteiger partial charge on any atom is -0.485 e. The van der Waals surface area contributed by atoms with Gasteiger partial charge in [0.15, 0.2) is 0 Å². The summed E-state index contributed by atoms with van der Waals surface area (Å²) in [6.07, 6.45) is 0.492. The second-order valence-electron chi connectivity index (χ2n) is 8.21. The van der Waals surface area contributed by atoms with Crippen LogP contribution in [0.1, 0.15) is 62.5 Å². The molecule has 1 spiro atoms. The molecule has 2 aliphatic heterocycles. The number of benzene rings is 1. The van der Waals surface area contributed by atoms with Crippen molar-refractivity contribution in [1.82, 2.24) is 10.6 Å². The van der Waals surface area contributed by atoms with E-state index in [1.165, 1.54) is 6.07 Å². The molecule has 2 atom stereocenters. The normalized spacial score (nSPS) is 23.7. The highest BCUT2D eigenvalue weighted by molar-refractivity contribution is 5.90. The molecule has 0 aromatic heterocycles. The minimum absolute atomic E-state index is 0.0807. The molecule has 3 rings (SSSR count). The predicted molar refractivity (Wildman–Crippen MR) is 99.9 cm³/mol. The highest BCUT2D eigenvalue weighted by Gasteiger charge is 2.45. The van der Waals surface area contributed by atoms with Gasteiger partial charge in [0.25, 0.3) is 0 Å². The number of esters is 1. The summed E-state index contributed by atoms with van der Waals surface area (Å²) in [4.78, 5) is 24.4. The number of ether oxygens (including phenoxy) is 3. The number of alkyl carbamates (subject to hydrolysis) is 1. The lowest BCUT2D eigenvalue weighted by Crippen LogP contribution is -2.47. The zero-order valence-electron chi connectivity index (χ0n) is 16.7. The van der Waals surface area contributed by atoms with Crippen LogP contribution in [0.2, 0.25) is 0 Å². The summed E-state index contributed by atoms with van der Waals surface area (Å²) in [5, 5.41) is 6.02. The van der Waals surface area contributed by atoms with Gasteiger partial charge in [0, 0.05) is 19.4 Å². The first-order valence-electron chi connectivity index (χ1n) is 9.52. The number of rotatable bonds is 3. The number of amides is 1. The molecule has 1 amide bonds. The van der Waals surface area contributed by atoms with Crippen LogP contribution in [-0.2, 0) is 9.47 Å². The molecule has 7 nitrogen and oxygen atoms in total. The average molecular weight is 394 g/mol. The maximum Gasteiger partial charge on any atom is 0.408 e. The highest BCUT2D eigenvalue weighted by atomic mass is 19.1. The van der Waals surface area contributed by atoms with Gasteiger partial charge in [0.05, 0.1) is 23.8 Å². The monoisotopic (exact) mass is 394 g/mol. The number of fused-ring (bicyclic) bond motifs is 1. The van der Waals surface area contributed by atoms with E-state index in [1.807, 2.05) is 0 Å². The lowest BCUT2D eigenvalue weighted by atomic mass is 9.85. The van der Waals surface area contributed by atoms with Gasteiger partial charge in [0.1, 0.15) is 22.8 Å². The number of halogens is 1. The minimum atomic E-state index is -0.670. The van der Waals surface area contributed by atoms with Crippen molar-refractivity contribution in [2.24, 2.45) is 0 Å². The summed E-state index contributed by atoms with van der Waals surface area (Å²) in [6, 6.07) is 1.98. The van der Waals surface area contributed by atoms with Crippen LogP contribution in [0.15, 0.2) is 12.1 Å². The second-order valence-corrected chi connectivity index (χ2v) is 8.21. The Balaban J connectivity index is 1.95. The van der Waals surface area contributed by atoms with Crippen LogP contribution in [0.25, 0.3) is 0 Å². The largest absolute Gasteiger partial charge is 0.485 e. The van der Waals surface area contributed by atoms with Crippen molar-refractivity contribution >= 4 is 12.1 Å². The number of nitrogens with one attached hydrogen (secondary N) is 2. The molecule has 8 heteroatoms. The fourth-order valence-electron chi connectivity index (χ4n) is 3.65. The van der Waals surface area contributed by atoms with Gasteiger partial charge in [-0.1, -0.05) is 0 Å². The number of carbonyl (C=O) groups excluding carboxylic acids is 2. The van der Waals surface area contributed by atoms with Crippen LogP contribution in [0.4, 0.5) is 9.18 Å². The fraction of sp³-hybridized carbons (Fsp3) is 0.600. The topological polar surface area (TPSA) is 85.9 Å². The molecule has 0 bridgehead atoms. The maximum atomic E-state index is 15.0. The van der Waals surface area contributed by atoms with E-state index in [1.54, 1.807) is 27.7 Å². The Morgan fingerprint density at radius 2 is 2.14 bits per heavy atom. The molecule has 0 saturated carbocycles. The standard InChI is InChI=1S/C20H27FN2O5/c1-5-26-17(24)12-8-13(21)16-14(23-18(25)28-19(2,3)4)10-20(6-7-22-11-20)27-15(16)9-12/h8-9,14,22H,5-7,10-11H2,1-4H3,(H,23,25). The first-order valence-corrected chi connectivity index (χ1v) is 9.52. The molecule has 1 aromatic carbocycles. The molecule has 0 aliphatic carbocycles. The average Bonchev–Trinajstić information content (AvgIpc) is 2.99. The zero-order chi connectivity index (χ0) is 20.5. The zero-order valence-corrected chi connectivity index (χ0v) is 16.7. The Kier molecular flexibility index (Phi) is 5.52. The van der Waals surface area contributed by atoms with Gasteiger partial charge < -0.3 is 24.8 Å². The summed E-state index contributed by atoms with van der Waals surface area (Å²) >= 11 is 0. The first kappa shape index (κ1) is 20.4. The van der Waals surface area contributed by atoms with Gasteiger partial charge in [0.2, 0.25) is 0 Å². The third kappa shape index (κ3) is 4.38. The number of carbonyl (C=O) groups is 2. The molecule has 2 N–H and O–H groups in total. The van der Waals surface area contributed by atoms with Crippen molar-refractivity contribution in [1.29, 1.82) is 0 Å². The van der Waals surface area contributed by atoms with Crippen LogP contribution in [-0.4, -0.2) is 43.0 Å². The van der Waals surface area contributed by atoms with E-state index in [2.05, 4.69) is 10.6 Å². The van der Waals surface area contributed by atoms with Crippen LogP contribution in [0, 0.1) is 5.82 Å². The van der Waals surface area contributed by atoms with E-state index in [9.17, 15) is 14.0 Å². The lowest BCUT2D eigenvalue weighted by molar-refractivity contribution is 0.0306. The van der Waals surface area contributed by atoms with Crippen LogP contribution < -0.4 is 15.4 Å². The summed E-state index contributed by atoms with van der Waals surface area (Å²) in [7, 11) is 0. The van der Waals surface area contributed by atoms with Crippen LogP contribution in [0.3, 0.4) is 0 Å². The lowest BCUT2D eigenvalue weighted by Gasteiger charge is -2.40. The van der Waals surface area contributed by atoms with Crippen molar-refractivity contribution in [3.05, 3.63) is 29.1 Å². The van der Waals surface area contributed by atoms with Crippen molar-refractivity contribution < 1.29 is 28.2 Å². The molecule has 1 saturated heterocycles. The molecule has 2 unspecified atom stereocenters. The van der Waals surface area contributed by atoms with Crippen molar-refractivity contribution in [2.75, 3.05) is 19.7 Å². The fourth-order valence-corrected chi connectivity index (χ4v) is 3.65. The molecule has 2 heterocycles. The van der Waals surface area contributed by atoms with Crippen LogP contribution >= 0.6 is 0 Å². The molecular formula is C20H27FN2O5. The maximum absolute atomic E-state index is 15.0. The first-order chi connectivity index (χ1) is 13.1. The number of hydrogen-bond donors (Lipinski definition) is 2. The quantitative estimate of drug-likeness (QED) is 0.767. The van der Waals surface area contributed by atoms with E-state index < -0.39 is 35.1 Å². The summed E-state index contributed by atoms with van der Waals surface area (Å²) in [6.45, 7) is 8.49. The molecule has 1 fully saturated rings. The van der Waals surface area contributed by atoms with Gasteiger partial charge in [-0.15, -0.1) is 0 Å². The van der Waals surface area contributed by atoms with E-state index >= 15 is 0 Å². The van der Waals surface area contributed by atoms with E-state index in [-0.39, 0.29) is 23.5 Å². The number of hydrogen-bond acceptors (Lipinski definition) is 6. The van der Waals surface area contributed by atoms with Crippen molar-refractivity contribution in [2.45, 2.75) is 57.8 Å². The van der Waals surface area contributed by atoms with Crippen LogP contribution in [0.5, 0.6) is 5.75 Å². The Hall–Kier alpha value is -2.35. The van der Waals surface area contributed by atoms with Gasteiger partial charge in [-0.25, -0.2) is 14.0 Å². The highest BCUT2D eigenvalue weighted by Crippen LogP contribution is 2.44. The van der Waals surface area contributed by atoms with Gasteiger partial charge >= 0.3 is 12.1 Å². The second kappa shape index (κ2) is 7.58. The predicted octanol–water partition coefficient (Wildman–Crippen LogP) is 3.08. The van der Waals surface area contributed by atoms with E-state index in [0.29, 0.717) is 19.4 Å². The molecule has 2 aliphatic rings.